The lowest BCUT2D eigenvalue weighted by molar-refractivity contribution is 0.598. The molecule has 0 saturated heterocycles. The Kier molecular flexibility index (Phi) is 2.63. The Morgan fingerprint density at radius 2 is 1.88 bits per heavy atom. The van der Waals surface area contributed by atoms with Crippen molar-refractivity contribution >= 4 is 21.5 Å². The fourth-order valence-corrected chi connectivity index (χ4v) is 1.72. The average molecular weight is 238 g/mol. The monoisotopic (exact) mass is 238 g/mol. The van der Waals surface area contributed by atoms with Crippen molar-refractivity contribution in [3.05, 3.63) is 36.5 Å². The molecule has 0 aliphatic carbocycles. The lowest BCUT2D eigenvalue weighted by Crippen LogP contribution is -2.11. The van der Waals surface area contributed by atoms with Gasteiger partial charge in [0.15, 0.2) is 0 Å². The summed E-state index contributed by atoms with van der Waals surface area (Å²) in [6.45, 7) is 0. The molecule has 84 valence electrons. The van der Waals surface area contributed by atoms with Crippen LogP contribution < -0.4 is 10.5 Å². The van der Waals surface area contributed by atoms with Crippen LogP contribution in [0, 0.1) is 0 Å². The van der Waals surface area contributed by atoms with E-state index in [4.69, 9.17) is 5.14 Å². The van der Waals surface area contributed by atoms with Gasteiger partial charge in [-0.3, -0.25) is 5.10 Å². The van der Waals surface area contributed by atoms with Crippen molar-refractivity contribution in [3.63, 3.8) is 0 Å². The summed E-state index contributed by atoms with van der Waals surface area (Å²) in [5.41, 5.74) is 0.747. The molecule has 1 heterocycles. The van der Waals surface area contributed by atoms with Crippen LogP contribution in [0.15, 0.2) is 41.4 Å². The number of sulfonamides is 1. The minimum Gasteiger partial charge on any atom is -0.341 e. The number of primary sulfonamides is 1. The standard InChI is InChI=1S/C9H10N4O2S/c10-16(14,15)8-3-1-7(2-4-8)12-9-5-6-11-13-9/h1-6H,(H2,10,14,15)(H2,11,12,13). The number of nitrogens with one attached hydrogen (secondary N) is 2. The van der Waals surface area contributed by atoms with Gasteiger partial charge in [0.25, 0.3) is 0 Å². The first-order chi connectivity index (χ1) is 7.55. The van der Waals surface area contributed by atoms with E-state index in [0.717, 1.165) is 11.5 Å². The lowest BCUT2D eigenvalue weighted by atomic mass is 10.3. The van der Waals surface area contributed by atoms with Crippen molar-refractivity contribution in [1.82, 2.24) is 10.2 Å². The molecule has 0 fully saturated rings. The molecule has 6 nitrogen and oxygen atoms in total. The lowest BCUT2D eigenvalue weighted by Gasteiger charge is -2.04. The van der Waals surface area contributed by atoms with Crippen LogP contribution in [0.3, 0.4) is 0 Å². The summed E-state index contributed by atoms with van der Waals surface area (Å²) in [6.07, 6.45) is 1.61. The summed E-state index contributed by atoms with van der Waals surface area (Å²) >= 11 is 0. The van der Waals surface area contributed by atoms with Crippen LogP contribution >= 0.6 is 0 Å². The molecule has 7 heteroatoms. The van der Waals surface area contributed by atoms with Crippen molar-refractivity contribution < 1.29 is 8.42 Å². The Morgan fingerprint density at radius 1 is 1.19 bits per heavy atom. The maximum absolute atomic E-state index is 11.0. The Hall–Kier alpha value is -1.86. The van der Waals surface area contributed by atoms with Gasteiger partial charge in [-0.25, -0.2) is 13.6 Å². The van der Waals surface area contributed by atoms with Crippen molar-refractivity contribution in [3.8, 4) is 0 Å². The molecule has 0 aliphatic heterocycles. The zero-order valence-corrected chi connectivity index (χ0v) is 9.03. The normalized spacial score (nSPS) is 11.3. The molecule has 0 amide bonds. The van der Waals surface area contributed by atoms with Gasteiger partial charge in [0.1, 0.15) is 5.82 Å². The van der Waals surface area contributed by atoms with Crippen LogP contribution in [0.5, 0.6) is 0 Å². The number of rotatable bonds is 3. The van der Waals surface area contributed by atoms with E-state index in [2.05, 4.69) is 15.5 Å². The van der Waals surface area contributed by atoms with Crippen LogP contribution in [0.1, 0.15) is 0 Å². The highest BCUT2D eigenvalue weighted by Gasteiger charge is 2.06. The van der Waals surface area contributed by atoms with Crippen molar-refractivity contribution in [2.24, 2.45) is 5.14 Å². The molecule has 2 aromatic rings. The van der Waals surface area contributed by atoms with Crippen molar-refractivity contribution in [2.75, 3.05) is 5.32 Å². The maximum Gasteiger partial charge on any atom is 0.238 e. The third-order valence-corrected chi connectivity index (χ3v) is 2.89. The number of nitrogens with zero attached hydrogens (tertiary/aromatic N) is 1. The molecule has 0 bridgehead atoms. The molecular weight excluding hydrogens is 228 g/mol. The van der Waals surface area contributed by atoms with E-state index in [1.165, 1.54) is 12.1 Å². The third kappa shape index (κ3) is 2.38. The van der Waals surface area contributed by atoms with Gasteiger partial charge in [0.2, 0.25) is 10.0 Å². The van der Waals surface area contributed by atoms with Gasteiger partial charge in [-0.15, -0.1) is 0 Å². The van der Waals surface area contributed by atoms with Crippen LogP contribution in [0.25, 0.3) is 0 Å². The topological polar surface area (TPSA) is 101 Å². The second kappa shape index (κ2) is 3.95. The first-order valence-corrected chi connectivity index (χ1v) is 5.99. The Labute approximate surface area is 92.5 Å². The van der Waals surface area contributed by atoms with Crippen LogP contribution in [0.2, 0.25) is 0 Å². The van der Waals surface area contributed by atoms with E-state index >= 15 is 0 Å². The summed E-state index contributed by atoms with van der Waals surface area (Å²) in [5, 5.41) is 14.5. The quantitative estimate of drug-likeness (QED) is 0.736. The van der Waals surface area contributed by atoms with Crippen molar-refractivity contribution in [2.45, 2.75) is 4.90 Å². The molecule has 0 unspecified atom stereocenters. The number of aromatic amines is 1. The molecule has 1 aromatic carbocycles. The predicted octanol–water partition coefficient (Wildman–Crippen LogP) is 0.801. The highest BCUT2D eigenvalue weighted by molar-refractivity contribution is 7.89. The summed E-state index contributed by atoms with van der Waals surface area (Å²) in [6, 6.07) is 7.89. The molecule has 2 rings (SSSR count). The zero-order valence-electron chi connectivity index (χ0n) is 8.21. The molecule has 0 atom stereocenters. The number of hydrogen-bond acceptors (Lipinski definition) is 4. The first kappa shape index (κ1) is 10.7. The van der Waals surface area contributed by atoms with Gasteiger partial charge in [0, 0.05) is 11.8 Å². The molecule has 4 N–H and O–H groups in total. The minimum absolute atomic E-state index is 0.0858. The van der Waals surface area contributed by atoms with Gasteiger partial charge < -0.3 is 5.32 Å². The molecule has 0 aliphatic rings. The van der Waals surface area contributed by atoms with Gasteiger partial charge in [0.05, 0.1) is 11.1 Å². The van der Waals surface area contributed by atoms with Crippen LogP contribution in [-0.2, 0) is 10.0 Å². The van der Waals surface area contributed by atoms with E-state index in [-0.39, 0.29) is 4.90 Å². The average Bonchev–Trinajstić information content (AvgIpc) is 2.70. The summed E-state index contributed by atoms with van der Waals surface area (Å²) in [5.74, 6) is 0.725. The Bertz CT molecular complexity index is 560. The molecule has 0 radical (unpaired) electrons. The van der Waals surface area contributed by atoms with E-state index in [1.54, 1.807) is 24.4 Å². The highest BCUT2D eigenvalue weighted by Crippen LogP contribution is 2.16. The Balaban J connectivity index is 2.20. The highest BCUT2D eigenvalue weighted by atomic mass is 32.2. The third-order valence-electron chi connectivity index (χ3n) is 1.96. The summed E-state index contributed by atoms with van der Waals surface area (Å²) in [4.78, 5) is 0.0858. The molecule has 0 spiro atoms. The SMILES string of the molecule is NS(=O)(=O)c1ccc(Nc2ccn[nH]2)cc1. The number of nitrogens with two attached hydrogens (primary N) is 1. The van der Waals surface area contributed by atoms with Gasteiger partial charge in [-0.1, -0.05) is 0 Å². The second-order valence-corrected chi connectivity index (χ2v) is 4.73. The van der Waals surface area contributed by atoms with E-state index < -0.39 is 10.0 Å². The van der Waals surface area contributed by atoms with Crippen LogP contribution in [0.4, 0.5) is 11.5 Å². The smallest absolute Gasteiger partial charge is 0.238 e. The number of aromatic nitrogens is 2. The maximum atomic E-state index is 11.0. The molecule has 0 saturated carbocycles. The predicted molar refractivity (Wildman–Crippen MR) is 59.7 cm³/mol. The first-order valence-electron chi connectivity index (χ1n) is 4.45. The Morgan fingerprint density at radius 3 is 2.38 bits per heavy atom. The zero-order chi connectivity index (χ0) is 11.6. The fourth-order valence-electron chi connectivity index (χ4n) is 1.21. The van der Waals surface area contributed by atoms with Crippen LogP contribution in [-0.4, -0.2) is 18.6 Å². The van der Waals surface area contributed by atoms with Gasteiger partial charge in [-0.2, -0.15) is 5.10 Å². The number of anilines is 2. The summed E-state index contributed by atoms with van der Waals surface area (Å²) in [7, 11) is -3.63. The second-order valence-electron chi connectivity index (χ2n) is 3.16. The van der Waals surface area contributed by atoms with E-state index in [1.807, 2.05) is 0 Å². The minimum atomic E-state index is -3.63. The number of hydrogen-bond donors (Lipinski definition) is 3. The number of benzene rings is 1. The van der Waals surface area contributed by atoms with E-state index in [9.17, 15) is 8.42 Å². The summed E-state index contributed by atoms with van der Waals surface area (Å²) < 4.78 is 22.0. The van der Waals surface area contributed by atoms with E-state index in [0.29, 0.717) is 0 Å². The largest absolute Gasteiger partial charge is 0.341 e. The van der Waals surface area contributed by atoms with Gasteiger partial charge in [-0.05, 0) is 24.3 Å². The molecule has 16 heavy (non-hydrogen) atoms. The van der Waals surface area contributed by atoms with Gasteiger partial charge >= 0.3 is 0 Å². The number of H-pyrrole nitrogens is 1. The fraction of sp³-hybridized carbons (Fsp3) is 0. The molecular formula is C9H10N4O2S. The molecule has 1 aromatic heterocycles. The van der Waals surface area contributed by atoms with Crippen molar-refractivity contribution in [1.29, 1.82) is 0 Å².